The third-order valence-electron chi connectivity index (χ3n) is 21.3. The summed E-state index contributed by atoms with van der Waals surface area (Å²) in [6, 6.07) is 0. The van der Waals surface area contributed by atoms with Crippen LogP contribution >= 0.6 is 0 Å². The predicted octanol–water partition coefficient (Wildman–Crippen LogP) is 10.5. The predicted molar refractivity (Wildman–Crippen MR) is 352 cm³/mol. The Labute approximate surface area is 539 Å². The molecule has 3 aliphatic carbocycles. The summed E-state index contributed by atoms with van der Waals surface area (Å²) in [5.41, 5.74) is 2.60. The summed E-state index contributed by atoms with van der Waals surface area (Å²) in [4.78, 5) is 53.7. The zero-order valence-corrected chi connectivity index (χ0v) is 56.8. The van der Waals surface area contributed by atoms with Crippen molar-refractivity contribution in [2.45, 2.75) is 228 Å². The second-order valence-corrected chi connectivity index (χ2v) is 29.3. The molecule has 9 rings (SSSR count). The number of ether oxygens (including phenoxy) is 4. The first-order valence-corrected chi connectivity index (χ1v) is 33.4. The van der Waals surface area contributed by atoms with Gasteiger partial charge < -0.3 is 64.9 Å². The highest BCUT2D eigenvalue weighted by atomic mass is 16.7. The van der Waals surface area contributed by atoms with Gasteiger partial charge in [-0.1, -0.05) is 111 Å². The molecule has 1 saturated heterocycles. The van der Waals surface area contributed by atoms with Crippen LogP contribution < -0.4 is 20.8 Å². The Morgan fingerprint density at radius 2 is 1.60 bits per heavy atom. The molecule has 4 aliphatic heterocycles. The van der Waals surface area contributed by atoms with E-state index < -0.39 is 101 Å². The van der Waals surface area contributed by atoms with Crippen LogP contribution in [0.1, 0.15) is 183 Å². The third-order valence-corrected chi connectivity index (χ3v) is 21.3. The van der Waals surface area contributed by atoms with Gasteiger partial charge in [0.25, 0.3) is 11.7 Å². The van der Waals surface area contributed by atoms with Crippen LogP contribution in [0, 0.1) is 59.7 Å². The molecule has 4 bridgehead atoms. The van der Waals surface area contributed by atoms with Crippen LogP contribution in [0.5, 0.6) is 17.2 Å². The molecule has 4 heterocycles. The highest BCUT2D eigenvalue weighted by Gasteiger charge is 2.52. The van der Waals surface area contributed by atoms with Crippen LogP contribution in [-0.2, 0) is 23.8 Å². The van der Waals surface area contributed by atoms with E-state index in [-0.39, 0.29) is 55.4 Å². The van der Waals surface area contributed by atoms with Gasteiger partial charge in [-0.3, -0.25) is 24.4 Å². The SMILES string of the molecule is C=C1/C(=C\C=C2/CCC[C@]3(C)[C@@H]([C@H](C)CCCC(C)(C)O)CC[C@@H]23)C[C@@H](O)C[C@@H]1O.CO[C@H]1/C=C\O[C@@]2(C)Oc3c(C)c(O)c4c(O)c(c5c(c4c3C2=O)=NC2(CCN(CC(C)C)CC2)N=5)NC(=O)/C(C)=C/C=C\[C@H](C)[C@H](O)[C@@H](C)[C@@H](O)[C@H](C)[C@@H](OC(C)=O)[C@@H]1C. The maximum Gasteiger partial charge on any atom is 0.312 e. The fourth-order valence-corrected chi connectivity index (χ4v) is 15.9. The van der Waals surface area contributed by atoms with Crippen molar-refractivity contribution < 1.29 is 69.1 Å². The molecule has 502 valence electrons. The maximum absolute atomic E-state index is 14.7. The molecule has 8 N–H and O–H groups in total. The molecule has 1 amide bonds. The first-order chi connectivity index (χ1) is 42.7. The number of nitrogens with one attached hydrogen (secondary N) is 1. The van der Waals surface area contributed by atoms with Crippen molar-refractivity contribution in [1.29, 1.82) is 0 Å². The molecule has 18 nitrogen and oxygen atoms in total. The zero-order valence-electron chi connectivity index (χ0n) is 56.8. The van der Waals surface area contributed by atoms with Crippen LogP contribution in [0.25, 0.3) is 10.8 Å². The summed E-state index contributed by atoms with van der Waals surface area (Å²) in [6.45, 7) is 32.4. The molecular formula is C73H106N4O14. The standard InChI is InChI=1S/C46H62N4O11.C27H44O3/c1-22(2)21-50-18-16-46(17-19-50)48-34-31-32-39(54)28(8)42-33(31)43(56)45(10,61-42)59-20-15-30(58-11)25(5)41(60-29(9)51)27(7)38(53)26(6)37(52)23(3)13-12-14-24(4)44(57)47-36(40(32)55)35(34)49-46;1-18(8-6-14-26(3,4)30)23-12-13-24-20(9-7-15-27(23,24)5)10-11-21-16-22(28)17-25(29)19(21)2/h12-15,20,22-23,25-27,30,37-38,41,52-55H,16-19,21H2,1-11H3,(H,47,57);10-11,18,22-25,28-30H,2,6-9,12-17H2,1,3-5H3/b13-12-,20-15-,24-14+;20-10+,21-11-/t23-,25+,26+,27-,30-,37-,38+,41-,45-;18-,22-,23-,24+,25+,27-/m01/s1. The van der Waals surface area contributed by atoms with Crippen molar-refractivity contribution in [3.63, 3.8) is 0 Å². The number of aliphatic hydroxyl groups excluding tert-OH is 4. The Hall–Kier alpha value is -5.73. The lowest BCUT2D eigenvalue weighted by molar-refractivity contribution is -0.160. The summed E-state index contributed by atoms with van der Waals surface area (Å²) in [7, 11) is 1.47. The molecule has 18 heteroatoms. The number of anilines is 1. The van der Waals surface area contributed by atoms with Gasteiger partial charge in [0.05, 0.1) is 58.7 Å². The number of phenols is 2. The molecule has 0 radical (unpaired) electrons. The largest absolute Gasteiger partial charge is 0.507 e. The molecule has 0 aromatic heterocycles. The smallest absolute Gasteiger partial charge is 0.312 e. The molecule has 1 spiro atoms. The molecular weight excluding hydrogens is 1160 g/mol. The number of methoxy groups -OCH3 is 1. The lowest BCUT2D eigenvalue weighted by Gasteiger charge is -2.44. The van der Waals surface area contributed by atoms with E-state index >= 15 is 0 Å². The number of benzene rings is 2. The number of aromatic hydroxyl groups is 2. The number of aliphatic hydroxyl groups is 5. The van der Waals surface area contributed by atoms with E-state index in [0.717, 1.165) is 36.5 Å². The Bertz CT molecular complexity index is 3350. The zero-order chi connectivity index (χ0) is 67.0. The summed E-state index contributed by atoms with van der Waals surface area (Å²) in [5, 5.41) is 80.4. The van der Waals surface area contributed by atoms with E-state index in [1.54, 1.807) is 71.4 Å². The quantitative estimate of drug-likeness (QED) is 0.0812. The van der Waals surface area contributed by atoms with Crippen LogP contribution in [0.15, 0.2) is 81.6 Å². The number of hydrogen-bond donors (Lipinski definition) is 8. The number of esters is 1. The topological polar surface area (TPSA) is 270 Å². The van der Waals surface area contributed by atoms with Crippen molar-refractivity contribution in [1.82, 2.24) is 4.90 Å². The van der Waals surface area contributed by atoms with E-state index in [1.165, 1.54) is 65.7 Å². The fourth-order valence-electron chi connectivity index (χ4n) is 15.9. The van der Waals surface area contributed by atoms with E-state index in [1.807, 2.05) is 13.8 Å². The highest BCUT2D eigenvalue weighted by Crippen LogP contribution is 2.60. The number of piperidine rings is 1. The number of allylic oxidation sites excluding steroid dienone is 5. The number of Topliss-reactive ketones (excluding diaryl/α,β-unsaturated/α-hetero) is 1. The highest BCUT2D eigenvalue weighted by molar-refractivity contribution is 6.19. The van der Waals surface area contributed by atoms with E-state index in [9.17, 15) is 50.1 Å². The van der Waals surface area contributed by atoms with Crippen LogP contribution in [0.3, 0.4) is 0 Å². The van der Waals surface area contributed by atoms with Crippen LogP contribution in [0.4, 0.5) is 5.69 Å². The summed E-state index contributed by atoms with van der Waals surface area (Å²) < 4.78 is 24.0. The molecule has 0 unspecified atom stereocenters. The van der Waals surface area contributed by atoms with Gasteiger partial charge in [0, 0.05) is 100 Å². The second-order valence-electron chi connectivity index (χ2n) is 29.3. The molecule has 4 fully saturated rings. The van der Waals surface area contributed by atoms with E-state index in [4.69, 9.17) is 28.9 Å². The Kier molecular flexibility index (Phi) is 22.2. The van der Waals surface area contributed by atoms with Gasteiger partial charge in [0.2, 0.25) is 0 Å². The van der Waals surface area contributed by atoms with Gasteiger partial charge >= 0.3 is 11.8 Å². The number of carbonyl (C=O) groups is 3. The van der Waals surface area contributed by atoms with Crippen molar-refractivity contribution >= 4 is 34.1 Å². The minimum absolute atomic E-state index is 0.0364. The Morgan fingerprint density at radius 1 is 0.923 bits per heavy atom. The van der Waals surface area contributed by atoms with Crippen molar-refractivity contribution in [3.8, 4) is 17.2 Å². The number of carbonyl (C=O) groups excluding carboxylic acids is 3. The van der Waals surface area contributed by atoms with Gasteiger partial charge in [-0.15, -0.1) is 0 Å². The lowest BCUT2D eigenvalue weighted by Crippen LogP contribution is -2.46. The van der Waals surface area contributed by atoms with Crippen LogP contribution in [0.2, 0.25) is 0 Å². The first kappa shape index (κ1) is 71.1. The number of rotatable bonds is 10. The summed E-state index contributed by atoms with van der Waals surface area (Å²) in [6.07, 6.45) is 18.9. The first-order valence-electron chi connectivity index (χ1n) is 33.4. The summed E-state index contributed by atoms with van der Waals surface area (Å²) >= 11 is 0. The number of ketones is 1. The van der Waals surface area contributed by atoms with Crippen molar-refractivity contribution in [2.75, 3.05) is 32.1 Å². The average Bonchev–Trinajstić information content (AvgIpc) is 1.58. The molecule has 91 heavy (non-hydrogen) atoms. The van der Waals surface area contributed by atoms with Gasteiger partial charge in [-0.05, 0) is 119 Å². The number of likely N-dealkylation sites (tertiary alicyclic amines) is 1. The Balaban J connectivity index is 0.000000297. The number of nitrogens with zero attached hydrogens (tertiary/aromatic N) is 3. The normalized spacial score (nSPS) is 34.7. The second kappa shape index (κ2) is 28.5. The molecule has 3 saturated carbocycles. The van der Waals surface area contributed by atoms with E-state index in [2.05, 4.69) is 56.6 Å². The van der Waals surface area contributed by atoms with Gasteiger partial charge in [0.1, 0.15) is 28.6 Å². The number of hydrogen-bond acceptors (Lipinski definition) is 17. The van der Waals surface area contributed by atoms with Crippen molar-refractivity contribution in [2.24, 2.45) is 62.7 Å². The number of phenolic OH excluding ortho intramolecular Hbond substituents is 2. The molecule has 2 aromatic carbocycles. The minimum atomic E-state index is -1.96. The molecule has 15 atom stereocenters. The van der Waals surface area contributed by atoms with Gasteiger partial charge in [-0.25, -0.2) is 0 Å². The lowest BCUT2D eigenvalue weighted by atomic mass is 9.60. The number of fused-ring (bicyclic) bond motifs is 2. The molecule has 7 aliphatic rings. The monoisotopic (exact) mass is 1260 g/mol. The van der Waals surface area contributed by atoms with Crippen LogP contribution in [-0.4, -0.2) is 139 Å². The van der Waals surface area contributed by atoms with Gasteiger partial charge in [0.15, 0.2) is 11.4 Å². The Morgan fingerprint density at radius 3 is 2.25 bits per heavy atom. The summed E-state index contributed by atoms with van der Waals surface area (Å²) in [5.74, 6) is -4.34. The van der Waals surface area contributed by atoms with Gasteiger partial charge in [-0.2, -0.15) is 0 Å². The minimum Gasteiger partial charge on any atom is -0.507 e. The average molecular weight is 1260 g/mol. The van der Waals surface area contributed by atoms with E-state index in [0.29, 0.717) is 61.9 Å². The third kappa shape index (κ3) is 15.1. The van der Waals surface area contributed by atoms with Crippen molar-refractivity contribution in [3.05, 3.63) is 93.4 Å². The number of amides is 1. The maximum atomic E-state index is 14.7. The fraction of sp³-hybridized carbons (Fsp3) is 0.658. The molecule has 2 aromatic rings.